The molecule has 0 saturated carbocycles. The lowest BCUT2D eigenvalue weighted by Crippen LogP contribution is -2.50. The minimum Gasteiger partial charge on any atom is -0.381 e. The lowest BCUT2D eigenvalue weighted by Gasteiger charge is -2.34. The lowest BCUT2D eigenvalue weighted by molar-refractivity contribution is 0.194. The first-order valence-corrected chi connectivity index (χ1v) is 10.3. The van der Waals surface area contributed by atoms with Crippen LogP contribution in [0.25, 0.3) is 10.9 Å². The van der Waals surface area contributed by atoms with Gasteiger partial charge in [-0.3, -0.25) is 14.9 Å². The van der Waals surface area contributed by atoms with Crippen molar-refractivity contribution in [1.82, 2.24) is 19.2 Å². The monoisotopic (exact) mass is 363 g/mol. The van der Waals surface area contributed by atoms with Crippen LogP contribution in [0.4, 0.5) is 5.69 Å². The summed E-state index contributed by atoms with van der Waals surface area (Å²) in [5, 5.41) is 4.41. The predicted octanol–water partition coefficient (Wildman–Crippen LogP) is 1.40. The minimum absolute atomic E-state index is 0.246. The average Bonchev–Trinajstić information content (AvgIpc) is 2.62. The molecule has 0 radical (unpaired) electrons. The molecule has 1 aliphatic heterocycles. The number of pyridine rings is 2. The van der Waals surface area contributed by atoms with Gasteiger partial charge >= 0.3 is 0 Å². The first-order chi connectivity index (χ1) is 12.1. The Morgan fingerprint density at radius 2 is 2.00 bits per heavy atom. The Bertz CT molecular complexity index is 798. The third-order valence-corrected chi connectivity index (χ3v) is 6.52. The van der Waals surface area contributed by atoms with Crippen LogP contribution in [0.1, 0.15) is 13.3 Å². The summed E-state index contributed by atoms with van der Waals surface area (Å²) in [6.45, 7) is 6.26. The predicted molar refractivity (Wildman–Crippen MR) is 100 cm³/mol. The molecule has 0 spiro atoms. The summed E-state index contributed by atoms with van der Waals surface area (Å²) < 4.78 is 25.8. The molecule has 0 amide bonds. The molecular formula is C17H25N5O2S. The molecule has 0 bridgehead atoms. The van der Waals surface area contributed by atoms with Crippen LogP contribution in [0, 0.1) is 0 Å². The summed E-state index contributed by atoms with van der Waals surface area (Å²) >= 11 is 0. The maximum atomic E-state index is 12.1. The van der Waals surface area contributed by atoms with Crippen molar-refractivity contribution in [1.29, 1.82) is 0 Å². The Morgan fingerprint density at radius 3 is 2.76 bits per heavy atom. The summed E-state index contributed by atoms with van der Waals surface area (Å²) in [7, 11) is -3.07. The quantitative estimate of drug-likeness (QED) is 0.801. The number of sulfonamides is 1. The minimum atomic E-state index is -3.07. The first-order valence-electron chi connectivity index (χ1n) is 8.73. The van der Waals surface area contributed by atoms with E-state index in [0.29, 0.717) is 19.5 Å². The fraction of sp³-hybridized carbons (Fsp3) is 0.529. The molecule has 7 nitrogen and oxygen atoms in total. The fourth-order valence-corrected chi connectivity index (χ4v) is 4.59. The van der Waals surface area contributed by atoms with Crippen molar-refractivity contribution >= 4 is 26.6 Å². The summed E-state index contributed by atoms with van der Waals surface area (Å²) in [6, 6.07) is 3.90. The van der Waals surface area contributed by atoms with Crippen LogP contribution in [0.2, 0.25) is 0 Å². The zero-order chi connectivity index (χ0) is 17.7. The van der Waals surface area contributed by atoms with Gasteiger partial charge in [0.05, 0.1) is 23.2 Å². The molecular weight excluding hydrogens is 338 g/mol. The van der Waals surface area contributed by atoms with E-state index in [2.05, 4.69) is 20.2 Å². The van der Waals surface area contributed by atoms with E-state index in [4.69, 9.17) is 0 Å². The number of hydrogen-bond acceptors (Lipinski definition) is 6. The molecule has 0 aromatic carbocycles. The summed E-state index contributed by atoms with van der Waals surface area (Å²) in [4.78, 5) is 10.9. The number of aromatic nitrogens is 2. The van der Waals surface area contributed by atoms with Crippen molar-refractivity contribution < 1.29 is 8.42 Å². The molecule has 1 saturated heterocycles. The second kappa shape index (κ2) is 8.07. The average molecular weight is 363 g/mol. The molecule has 0 unspecified atom stereocenters. The van der Waals surface area contributed by atoms with Crippen LogP contribution in [-0.2, 0) is 10.0 Å². The van der Waals surface area contributed by atoms with E-state index in [1.54, 1.807) is 16.7 Å². The van der Waals surface area contributed by atoms with Gasteiger partial charge in [-0.05, 0) is 18.6 Å². The smallest absolute Gasteiger partial charge is 0.214 e. The largest absolute Gasteiger partial charge is 0.381 e. The molecule has 2 aromatic heterocycles. The Balaban J connectivity index is 1.49. The topological polar surface area (TPSA) is 78.4 Å². The van der Waals surface area contributed by atoms with Gasteiger partial charge in [0.1, 0.15) is 0 Å². The molecule has 1 N–H and O–H groups in total. The Hall–Kier alpha value is -1.77. The lowest BCUT2D eigenvalue weighted by atomic mass is 10.2. The van der Waals surface area contributed by atoms with Crippen molar-refractivity contribution in [3.05, 3.63) is 30.7 Å². The molecule has 3 rings (SSSR count). The summed E-state index contributed by atoms with van der Waals surface area (Å²) in [5.41, 5.74) is 1.86. The van der Waals surface area contributed by atoms with E-state index in [1.807, 2.05) is 25.3 Å². The second-order valence-corrected chi connectivity index (χ2v) is 8.33. The zero-order valence-corrected chi connectivity index (χ0v) is 15.4. The highest BCUT2D eigenvalue weighted by Crippen LogP contribution is 2.18. The van der Waals surface area contributed by atoms with E-state index in [1.165, 1.54) is 0 Å². The number of rotatable bonds is 7. The van der Waals surface area contributed by atoms with Crippen LogP contribution in [0.15, 0.2) is 30.7 Å². The van der Waals surface area contributed by atoms with E-state index in [0.717, 1.165) is 42.8 Å². The number of hydrogen-bond donors (Lipinski definition) is 1. The Kier molecular flexibility index (Phi) is 5.82. The Labute approximate surface area is 149 Å². The highest BCUT2D eigenvalue weighted by atomic mass is 32.2. The molecule has 0 atom stereocenters. The van der Waals surface area contributed by atoms with Gasteiger partial charge in [-0.1, -0.05) is 6.92 Å². The summed E-state index contributed by atoms with van der Waals surface area (Å²) in [5.74, 6) is 0.246. The van der Waals surface area contributed by atoms with E-state index >= 15 is 0 Å². The van der Waals surface area contributed by atoms with Crippen molar-refractivity contribution in [2.24, 2.45) is 0 Å². The number of fused-ring (bicyclic) bond motifs is 1. The van der Waals surface area contributed by atoms with Gasteiger partial charge in [0.25, 0.3) is 0 Å². The molecule has 2 aromatic rings. The van der Waals surface area contributed by atoms with Crippen molar-refractivity contribution in [2.45, 2.75) is 13.3 Å². The van der Waals surface area contributed by atoms with E-state index in [-0.39, 0.29) is 5.75 Å². The van der Waals surface area contributed by atoms with Crippen LogP contribution in [0.5, 0.6) is 0 Å². The first kappa shape index (κ1) is 18.0. The molecule has 3 heterocycles. The number of nitrogens with one attached hydrogen (secondary N) is 1. The highest BCUT2D eigenvalue weighted by Gasteiger charge is 2.25. The van der Waals surface area contributed by atoms with Gasteiger partial charge < -0.3 is 5.32 Å². The van der Waals surface area contributed by atoms with Gasteiger partial charge in [-0.25, -0.2) is 8.42 Å². The zero-order valence-electron chi connectivity index (χ0n) is 14.6. The van der Waals surface area contributed by atoms with Gasteiger partial charge in [0, 0.05) is 57.0 Å². The van der Waals surface area contributed by atoms with Crippen molar-refractivity contribution in [2.75, 3.05) is 50.3 Å². The molecule has 8 heteroatoms. The van der Waals surface area contributed by atoms with Crippen molar-refractivity contribution in [3.63, 3.8) is 0 Å². The van der Waals surface area contributed by atoms with Gasteiger partial charge in [-0.15, -0.1) is 0 Å². The number of anilines is 1. The van der Waals surface area contributed by atoms with Crippen LogP contribution in [-0.4, -0.2) is 72.6 Å². The Morgan fingerprint density at radius 1 is 1.20 bits per heavy atom. The highest BCUT2D eigenvalue weighted by molar-refractivity contribution is 7.89. The third kappa shape index (κ3) is 4.45. The van der Waals surface area contributed by atoms with Gasteiger partial charge in [0.2, 0.25) is 10.0 Å². The summed E-state index contributed by atoms with van der Waals surface area (Å²) in [6.07, 6.45) is 6.05. The maximum Gasteiger partial charge on any atom is 0.214 e. The number of piperazine rings is 1. The van der Waals surface area contributed by atoms with Crippen LogP contribution >= 0.6 is 0 Å². The second-order valence-electron chi connectivity index (χ2n) is 6.25. The van der Waals surface area contributed by atoms with E-state index in [9.17, 15) is 8.42 Å². The van der Waals surface area contributed by atoms with E-state index < -0.39 is 10.0 Å². The van der Waals surface area contributed by atoms with Crippen LogP contribution < -0.4 is 5.32 Å². The molecule has 25 heavy (non-hydrogen) atoms. The maximum absolute atomic E-state index is 12.1. The molecule has 1 aliphatic rings. The van der Waals surface area contributed by atoms with Gasteiger partial charge in [0.15, 0.2) is 0 Å². The molecule has 0 aliphatic carbocycles. The molecule has 1 fully saturated rings. The number of nitrogens with zero attached hydrogens (tertiary/aromatic N) is 4. The molecule has 136 valence electrons. The third-order valence-electron chi connectivity index (χ3n) is 4.44. The van der Waals surface area contributed by atoms with Crippen LogP contribution in [0.3, 0.4) is 0 Å². The van der Waals surface area contributed by atoms with Crippen molar-refractivity contribution in [3.8, 4) is 0 Å². The standard InChI is InChI=1S/C17H25N5O2S/c1-2-12-25(23,24)22-10-8-21(9-11-22)7-6-19-16-14-18-13-15-4-3-5-20-17(15)16/h3-5,13-14,19H,2,6-12H2,1H3. The SMILES string of the molecule is CCCS(=O)(=O)N1CCN(CCNc2cncc3cccnc23)CC1. The fourth-order valence-electron chi connectivity index (χ4n) is 3.10. The normalized spacial score (nSPS) is 17.0. The van der Waals surface area contributed by atoms with Gasteiger partial charge in [-0.2, -0.15) is 4.31 Å².